The number of amides is 1. The Morgan fingerprint density at radius 2 is 2.22 bits per heavy atom. The molecule has 0 fully saturated rings. The minimum Gasteiger partial charge on any atom is -0.481 e. The normalized spacial score (nSPS) is 15.7. The summed E-state index contributed by atoms with van der Waals surface area (Å²) in [6.45, 7) is 4.56. The molecule has 2 rings (SSSR count). The molecule has 0 unspecified atom stereocenters. The Balaban J connectivity index is 1.82. The van der Waals surface area contributed by atoms with Gasteiger partial charge in [0.1, 0.15) is 5.75 Å². The maximum Gasteiger partial charge on any atom is 0.261 e. The van der Waals surface area contributed by atoms with E-state index in [1.165, 1.54) is 31.3 Å². The van der Waals surface area contributed by atoms with Crippen LogP contribution in [0.2, 0.25) is 5.02 Å². The zero-order valence-electron chi connectivity index (χ0n) is 14.0. The highest BCUT2D eigenvalue weighted by Gasteiger charge is 2.18. The molecule has 0 bridgehead atoms. The molecule has 1 aliphatic rings. The molecule has 4 heteroatoms. The van der Waals surface area contributed by atoms with Crippen LogP contribution in [0.3, 0.4) is 0 Å². The molecule has 1 amide bonds. The largest absolute Gasteiger partial charge is 0.481 e. The van der Waals surface area contributed by atoms with Gasteiger partial charge < -0.3 is 10.1 Å². The van der Waals surface area contributed by atoms with Crippen molar-refractivity contribution in [2.45, 2.75) is 58.5 Å². The summed E-state index contributed by atoms with van der Waals surface area (Å²) < 4.78 is 5.82. The van der Waals surface area contributed by atoms with Gasteiger partial charge >= 0.3 is 0 Å². The van der Waals surface area contributed by atoms with Crippen molar-refractivity contribution < 1.29 is 9.53 Å². The summed E-state index contributed by atoms with van der Waals surface area (Å²) >= 11 is 6.02. The van der Waals surface area contributed by atoms with Gasteiger partial charge in [-0.1, -0.05) is 30.2 Å². The van der Waals surface area contributed by atoms with Crippen LogP contribution < -0.4 is 10.1 Å². The lowest BCUT2D eigenvalue weighted by molar-refractivity contribution is -0.128. The van der Waals surface area contributed by atoms with Gasteiger partial charge in [-0.2, -0.15) is 0 Å². The Bertz CT molecular complexity index is 568. The van der Waals surface area contributed by atoms with Gasteiger partial charge in [-0.3, -0.25) is 4.79 Å². The molecule has 0 heterocycles. The molecule has 1 atom stereocenters. The van der Waals surface area contributed by atoms with Gasteiger partial charge in [0.2, 0.25) is 0 Å². The second kappa shape index (κ2) is 8.97. The van der Waals surface area contributed by atoms with E-state index < -0.39 is 6.10 Å². The van der Waals surface area contributed by atoms with E-state index in [0.717, 1.165) is 12.0 Å². The van der Waals surface area contributed by atoms with Crippen molar-refractivity contribution in [1.29, 1.82) is 0 Å². The third-order valence-corrected chi connectivity index (χ3v) is 4.63. The molecule has 0 saturated carbocycles. The maximum atomic E-state index is 12.3. The van der Waals surface area contributed by atoms with Crippen molar-refractivity contribution in [3.05, 3.63) is 40.4 Å². The van der Waals surface area contributed by atoms with Gasteiger partial charge in [-0.05, 0) is 69.2 Å². The predicted octanol–water partition coefficient (Wildman–Crippen LogP) is 4.81. The molecule has 0 aromatic heterocycles. The van der Waals surface area contributed by atoms with E-state index in [1.807, 2.05) is 19.9 Å². The first-order valence-electron chi connectivity index (χ1n) is 8.48. The summed E-state index contributed by atoms with van der Waals surface area (Å²) in [6, 6.07) is 5.47. The van der Waals surface area contributed by atoms with E-state index >= 15 is 0 Å². The minimum atomic E-state index is -0.462. The molecule has 0 radical (unpaired) electrons. The zero-order chi connectivity index (χ0) is 16.7. The average molecular weight is 336 g/mol. The first-order valence-corrected chi connectivity index (χ1v) is 8.86. The molecule has 126 valence electrons. The fourth-order valence-electron chi connectivity index (χ4n) is 2.77. The van der Waals surface area contributed by atoms with Crippen molar-refractivity contribution in [3.8, 4) is 5.75 Å². The topological polar surface area (TPSA) is 38.3 Å². The van der Waals surface area contributed by atoms with Crippen molar-refractivity contribution in [2.75, 3.05) is 6.54 Å². The quantitative estimate of drug-likeness (QED) is 0.726. The van der Waals surface area contributed by atoms with Crippen LogP contribution in [0.4, 0.5) is 0 Å². The van der Waals surface area contributed by atoms with Crippen molar-refractivity contribution in [3.63, 3.8) is 0 Å². The van der Waals surface area contributed by atoms with Crippen LogP contribution in [-0.2, 0) is 4.79 Å². The maximum absolute atomic E-state index is 12.3. The van der Waals surface area contributed by atoms with Gasteiger partial charge in [0, 0.05) is 11.6 Å². The van der Waals surface area contributed by atoms with E-state index in [-0.39, 0.29) is 5.91 Å². The van der Waals surface area contributed by atoms with Crippen LogP contribution in [0.1, 0.15) is 51.0 Å². The fraction of sp³-hybridized carbons (Fsp3) is 0.526. The first kappa shape index (κ1) is 17.9. The van der Waals surface area contributed by atoms with E-state index in [4.69, 9.17) is 16.3 Å². The number of nitrogens with one attached hydrogen (secondary N) is 1. The molecule has 0 saturated heterocycles. The third kappa shape index (κ3) is 5.58. The highest BCUT2D eigenvalue weighted by atomic mass is 35.5. The van der Waals surface area contributed by atoms with E-state index in [2.05, 4.69) is 11.4 Å². The number of carbonyl (C=O) groups is 1. The molecular formula is C19H26ClNO2. The Labute approximate surface area is 144 Å². The number of hydrogen-bond donors (Lipinski definition) is 1. The number of aryl methyl sites for hydroxylation is 1. The van der Waals surface area contributed by atoms with Gasteiger partial charge in [0.15, 0.2) is 6.10 Å². The Kier molecular flexibility index (Phi) is 6.97. The van der Waals surface area contributed by atoms with Gasteiger partial charge in [0.25, 0.3) is 5.91 Å². The smallest absolute Gasteiger partial charge is 0.261 e. The Hall–Kier alpha value is -1.48. The number of benzene rings is 1. The van der Waals surface area contributed by atoms with Crippen LogP contribution in [0.5, 0.6) is 5.75 Å². The molecule has 1 aromatic carbocycles. The van der Waals surface area contributed by atoms with Crippen molar-refractivity contribution >= 4 is 17.5 Å². The summed E-state index contributed by atoms with van der Waals surface area (Å²) in [7, 11) is 0. The number of allylic oxidation sites excluding steroid dienone is 1. The number of hydrogen-bond acceptors (Lipinski definition) is 2. The predicted molar refractivity (Wildman–Crippen MR) is 95.1 cm³/mol. The summed E-state index contributed by atoms with van der Waals surface area (Å²) in [4.78, 5) is 12.3. The number of carbonyl (C=O) groups excluding carboxylic acids is 1. The summed E-state index contributed by atoms with van der Waals surface area (Å²) in [6.07, 6.45) is 8.36. The lowest BCUT2D eigenvalue weighted by atomic mass is 9.97. The number of ether oxygens (including phenoxy) is 1. The Morgan fingerprint density at radius 1 is 1.39 bits per heavy atom. The molecule has 1 aliphatic carbocycles. The first-order chi connectivity index (χ1) is 11.1. The second-order valence-corrected chi connectivity index (χ2v) is 6.48. The molecule has 0 aliphatic heterocycles. The lowest BCUT2D eigenvalue weighted by Gasteiger charge is -2.18. The van der Waals surface area contributed by atoms with Crippen LogP contribution in [0.25, 0.3) is 0 Å². The van der Waals surface area contributed by atoms with E-state index in [9.17, 15) is 4.79 Å². The lowest BCUT2D eigenvalue weighted by Crippen LogP contribution is -2.38. The van der Waals surface area contributed by atoms with Crippen LogP contribution >= 0.6 is 11.6 Å². The average Bonchev–Trinajstić information content (AvgIpc) is 2.56. The third-order valence-electron chi connectivity index (χ3n) is 4.20. The van der Waals surface area contributed by atoms with E-state index in [0.29, 0.717) is 23.7 Å². The van der Waals surface area contributed by atoms with Crippen molar-refractivity contribution in [2.24, 2.45) is 0 Å². The summed E-state index contributed by atoms with van der Waals surface area (Å²) in [5, 5.41) is 3.70. The molecule has 1 N–H and O–H groups in total. The zero-order valence-corrected chi connectivity index (χ0v) is 14.8. The standard InChI is InChI=1S/C19H26ClNO2/c1-3-18(23-16-9-10-17(20)14(2)13-16)19(22)21-12-11-15-7-5-4-6-8-15/h7,9-10,13,18H,3-6,8,11-12H2,1-2H3,(H,21,22)/t18-/m0/s1. The minimum absolute atomic E-state index is 0.0449. The van der Waals surface area contributed by atoms with Crippen LogP contribution in [0.15, 0.2) is 29.8 Å². The Morgan fingerprint density at radius 3 is 2.87 bits per heavy atom. The highest BCUT2D eigenvalue weighted by Crippen LogP contribution is 2.22. The van der Waals surface area contributed by atoms with Crippen molar-refractivity contribution in [1.82, 2.24) is 5.32 Å². The van der Waals surface area contributed by atoms with Gasteiger partial charge in [0.05, 0.1) is 0 Å². The van der Waals surface area contributed by atoms with Crippen LogP contribution in [-0.4, -0.2) is 18.6 Å². The van der Waals surface area contributed by atoms with Gasteiger partial charge in [-0.15, -0.1) is 0 Å². The second-order valence-electron chi connectivity index (χ2n) is 6.07. The molecular weight excluding hydrogens is 310 g/mol. The monoisotopic (exact) mass is 335 g/mol. The van der Waals surface area contributed by atoms with Gasteiger partial charge in [-0.25, -0.2) is 0 Å². The number of rotatable bonds is 7. The number of halogens is 1. The molecule has 0 spiro atoms. The molecule has 23 heavy (non-hydrogen) atoms. The SMILES string of the molecule is CC[C@H](Oc1ccc(Cl)c(C)c1)C(=O)NCCC1=CCCCC1. The summed E-state index contributed by atoms with van der Waals surface area (Å²) in [5.41, 5.74) is 2.42. The summed E-state index contributed by atoms with van der Waals surface area (Å²) in [5.74, 6) is 0.639. The fourth-order valence-corrected chi connectivity index (χ4v) is 2.89. The van der Waals surface area contributed by atoms with Crippen LogP contribution in [0, 0.1) is 6.92 Å². The molecule has 3 nitrogen and oxygen atoms in total. The van der Waals surface area contributed by atoms with E-state index in [1.54, 1.807) is 12.1 Å². The molecule has 1 aromatic rings. The highest BCUT2D eigenvalue weighted by molar-refractivity contribution is 6.31.